The lowest BCUT2D eigenvalue weighted by Gasteiger charge is -2.46. The van der Waals surface area contributed by atoms with Crippen LogP contribution < -0.4 is 0 Å². The van der Waals surface area contributed by atoms with E-state index in [1.165, 1.54) is 0 Å². The van der Waals surface area contributed by atoms with E-state index >= 15 is 0 Å². The number of rotatable bonds is 6. The van der Waals surface area contributed by atoms with Crippen molar-refractivity contribution in [3.63, 3.8) is 0 Å². The average Bonchev–Trinajstić information content (AvgIpc) is 2.77. The molecule has 0 aromatic rings. The van der Waals surface area contributed by atoms with Gasteiger partial charge >= 0.3 is 0 Å². The van der Waals surface area contributed by atoms with Gasteiger partial charge in [-0.15, -0.1) is 0 Å². The molecule has 0 spiro atoms. The van der Waals surface area contributed by atoms with Gasteiger partial charge in [0.05, 0.1) is 37.6 Å². The fourth-order valence-electron chi connectivity index (χ4n) is 5.61. The second kappa shape index (κ2) is 11.2. The topological polar surface area (TPSA) is 107 Å². The molecular formula is C25H46O8. The van der Waals surface area contributed by atoms with Crippen molar-refractivity contribution in [3.8, 4) is 0 Å². The molecule has 3 N–H and O–H groups in total. The molecule has 3 saturated heterocycles. The molecule has 3 aliphatic rings. The molecule has 0 amide bonds. The van der Waals surface area contributed by atoms with Crippen molar-refractivity contribution >= 4 is 0 Å². The largest absolute Gasteiger partial charge is 0.390 e. The molecule has 3 aliphatic heterocycles. The molecular weight excluding hydrogens is 428 g/mol. The molecule has 0 aliphatic carbocycles. The van der Waals surface area contributed by atoms with Gasteiger partial charge in [0.1, 0.15) is 6.10 Å². The number of hydrogen-bond acceptors (Lipinski definition) is 8. The quantitative estimate of drug-likeness (QED) is 0.539. The van der Waals surface area contributed by atoms with E-state index < -0.39 is 18.5 Å². The second-order valence-electron chi connectivity index (χ2n) is 10.9. The van der Waals surface area contributed by atoms with Crippen LogP contribution in [0.3, 0.4) is 0 Å². The summed E-state index contributed by atoms with van der Waals surface area (Å²) in [6.07, 6.45) is -3.74. The lowest BCUT2D eigenvalue weighted by Crippen LogP contribution is -2.53. The first kappa shape index (κ1) is 27.3. The molecule has 0 aromatic carbocycles. The third-order valence-electron chi connectivity index (χ3n) is 8.88. The third kappa shape index (κ3) is 5.75. The van der Waals surface area contributed by atoms with Crippen LogP contribution in [0.2, 0.25) is 0 Å². The summed E-state index contributed by atoms with van der Waals surface area (Å²) in [6, 6.07) is 0. The summed E-state index contributed by atoms with van der Waals surface area (Å²) in [7, 11) is 0. The third-order valence-corrected chi connectivity index (χ3v) is 8.88. The molecule has 194 valence electrons. The van der Waals surface area contributed by atoms with Gasteiger partial charge in [0.2, 0.25) is 0 Å². The predicted molar refractivity (Wildman–Crippen MR) is 122 cm³/mol. The fourth-order valence-corrected chi connectivity index (χ4v) is 5.61. The Kier molecular flexibility index (Phi) is 9.23. The standard InChI is InChI=1S/C25H46O8/c1-11-13(3)24(30-10-20-15(5)22(27)23(28)31-16(20)6)32-17(7)19(11)9-29-25-14(4)12(2)21(26)18(8)33-25/h11-28H,9-10H2,1-8H3/t11?,12?,13?,14?,15?,16?,17?,18?,19-,20-,21-,22?,23+,24+,25+/m0/s1. The van der Waals surface area contributed by atoms with E-state index in [1.54, 1.807) is 0 Å². The van der Waals surface area contributed by atoms with Crippen LogP contribution >= 0.6 is 0 Å². The fraction of sp³-hybridized carbons (Fsp3) is 1.00. The average molecular weight is 475 g/mol. The lowest BCUT2D eigenvalue weighted by molar-refractivity contribution is -0.293. The van der Waals surface area contributed by atoms with Crippen LogP contribution in [0.25, 0.3) is 0 Å². The zero-order valence-electron chi connectivity index (χ0n) is 21.5. The first-order valence-electron chi connectivity index (χ1n) is 12.7. The second-order valence-corrected chi connectivity index (χ2v) is 10.9. The first-order valence-corrected chi connectivity index (χ1v) is 12.7. The molecule has 0 radical (unpaired) electrons. The highest BCUT2D eigenvalue weighted by molar-refractivity contribution is 4.87. The number of ether oxygens (including phenoxy) is 5. The van der Waals surface area contributed by atoms with Gasteiger partial charge < -0.3 is 39.0 Å². The monoisotopic (exact) mass is 474 g/mol. The Labute approximate surface area is 198 Å². The maximum atomic E-state index is 10.3. The molecule has 9 unspecified atom stereocenters. The lowest BCUT2D eigenvalue weighted by atomic mass is 9.78. The molecule has 0 aromatic heterocycles. The molecule has 8 heteroatoms. The van der Waals surface area contributed by atoms with Gasteiger partial charge in [-0.1, -0.05) is 34.6 Å². The Morgan fingerprint density at radius 2 is 0.970 bits per heavy atom. The summed E-state index contributed by atoms with van der Waals surface area (Å²) in [4.78, 5) is 0. The Morgan fingerprint density at radius 3 is 1.55 bits per heavy atom. The molecule has 3 fully saturated rings. The highest BCUT2D eigenvalue weighted by Gasteiger charge is 2.45. The smallest absolute Gasteiger partial charge is 0.181 e. The van der Waals surface area contributed by atoms with Crippen LogP contribution in [0.4, 0.5) is 0 Å². The van der Waals surface area contributed by atoms with Gasteiger partial charge in [0.25, 0.3) is 0 Å². The van der Waals surface area contributed by atoms with Crippen LogP contribution in [0.15, 0.2) is 0 Å². The van der Waals surface area contributed by atoms with Crippen LogP contribution in [-0.4, -0.2) is 77.9 Å². The summed E-state index contributed by atoms with van der Waals surface area (Å²) in [6.45, 7) is 17.1. The maximum Gasteiger partial charge on any atom is 0.181 e. The van der Waals surface area contributed by atoms with Crippen molar-refractivity contribution in [1.29, 1.82) is 0 Å². The van der Waals surface area contributed by atoms with Gasteiger partial charge in [0, 0.05) is 23.7 Å². The normalized spacial score (nSPS) is 53.7. The first-order chi connectivity index (χ1) is 15.4. The SMILES string of the molecule is CC1C(C)[C@H](O)C(C)O[C@H]1OC[C@@H]1C(C)O[C@@H](OC[C@@H]2C(C)O[C@@H](O)C(O)C2C)C(C)C1C. The highest BCUT2D eigenvalue weighted by Crippen LogP contribution is 2.39. The summed E-state index contributed by atoms with van der Waals surface area (Å²) in [5.41, 5.74) is 0. The molecule has 8 nitrogen and oxygen atoms in total. The number of aliphatic hydroxyl groups is 3. The number of hydrogen-bond donors (Lipinski definition) is 3. The van der Waals surface area contributed by atoms with E-state index in [0.29, 0.717) is 19.1 Å². The van der Waals surface area contributed by atoms with E-state index in [-0.39, 0.29) is 66.4 Å². The van der Waals surface area contributed by atoms with E-state index in [0.717, 1.165) is 0 Å². The molecule has 3 heterocycles. The minimum absolute atomic E-state index is 0.0323. The minimum Gasteiger partial charge on any atom is -0.390 e. The number of aliphatic hydroxyl groups excluding tert-OH is 3. The summed E-state index contributed by atoms with van der Waals surface area (Å²) < 4.78 is 30.1. The van der Waals surface area contributed by atoms with Crippen molar-refractivity contribution in [3.05, 3.63) is 0 Å². The summed E-state index contributed by atoms with van der Waals surface area (Å²) in [5.74, 6) is 0.708. The van der Waals surface area contributed by atoms with E-state index in [2.05, 4.69) is 27.7 Å². The Hall–Kier alpha value is -0.320. The van der Waals surface area contributed by atoms with Gasteiger partial charge in [-0.25, -0.2) is 0 Å². The van der Waals surface area contributed by atoms with E-state index in [4.69, 9.17) is 23.7 Å². The zero-order valence-corrected chi connectivity index (χ0v) is 21.5. The van der Waals surface area contributed by atoms with Crippen molar-refractivity contribution in [2.75, 3.05) is 13.2 Å². The van der Waals surface area contributed by atoms with Crippen LogP contribution in [0.5, 0.6) is 0 Å². The summed E-state index contributed by atoms with van der Waals surface area (Å²) >= 11 is 0. The molecule has 0 saturated carbocycles. The Bertz CT molecular complexity index is 619. The van der Waals surface area contributed by atoms with Crippen LogP contribution in [0.1, 0.15) is 55.4 Å². The predicted octanol–water partition coefficient (Wildman–Crippen LogP) is 2.38. The van der Waals surface area contributed by atoms with E-state index in [9.17, 15) is 15.3 Å². The van der Waals surface area contributed by atoms with Crippen molar-refractivity contribution in [2.24, 2.45) is 41.4 Å². The molecule has 15 atom stereocenters. The van der Waals surface area contributed by atoms with Crippen molar-refractivity contribution in [1.82, 2.24) is 0 Å². The van der Waals surface area contributed by atoms with Gasteiger partial charge in [-0.05, 0) is 38.5 Å². The minimum atomic E-state index is -1.15. The van der Waals surface area contributed by atoms with Crippen molar-refractivity contribution < 1.29 is 39.0 Å². The Morgan fingerprint density at radius 1 is 0.515 bits per heavy atom. The van der Waals surface area contributed by atoms with Crippen LogP contribution in [-0.2, 0) is 23.7 Å². The van der Waals surface area contributed by atoms with Gasteiger partial charge in [0.15, 0.2) is 18.9 Å². The molecule has 3 rings (SSSR count). The highest BCUT2D eigenvalue weighted by atomic mass is 16.7. The van der Waals surface area contributed by atoms with Gasteiger partial charge in [-0.2, -0.15) is 0 Å². The zero-order chi connectivity index (χ0) is 24.6. The van der Waals surface area contributed by atoms with Crippen LogP contribution in [0, 0.1) is 41.4 Å². The molecule has 33 heavy (non-hydrogen) atoms. The van der Waals surface area contributed by atoms with Crippen molar-refractivity contribution in [2.45, 2.75) is 105 Å². The van der Waals surface area contributed by atoms with E-state index in [1.807, 2.05) is 27.7 Å². The molecule has 0 bridgehead atoms. The Balaban J connectivity index is 1.53. The van der Waals surface area contributed by atoms with Gasteiger partial charge in [-0.3, -0.25) is 0 Å². The summed E-state index contributed by atoms with van der Waals surface area (Å²) in [5, 5.41) is 30.3. The maximum absolute atomic E-state index is 10.3.